The number of rotatable bonds is 2. The molecule has 0 heterocycles. The quantitative estimate of drug-likeness (QED) is 0.427. The molecule has 0 aromatic rings. The lowest BCUT2D eigenvalue weighted by Gasteiger charge is -2.30. The van der Waals surface area contributed by atoms with Crippen LogP contribution in [-0.4, -0.2) is 17.0 Å². The Morgan fingerprint density at radius 2 is 2.20 bits per heavy atom. The highest BCUT2D eigenvalue weighted by Gasteiger charge is 2.27. The van der Waals surface area contributed by atoms with Crippen LogP contribution in [0, 0.1) is 4.91 Å². The van der Waals surface area contributed by atoms with Crippen LogP contribution in [0.15, 0.2) is 5.29 Å². The van der Waals surface area contributed by atoms with Gasteiger partial charge in [-0.2, -0.15) is 5.01 Å². The minimum absolute atomic E-state index is 0.0926. The van der Waals surface area contributed by atoms with E-state index in [2.05, 4.69) is 5.29 Å². The molecule has 10 heavy (non-hydrogen) atoms. The van der Waals surface area contributed by atoms with E-state index in [0.29, 0.717) is 0 Å². The molecule has 0 bridgehead atoms. The third kappa shape index (κ3) is 1.15. The summed E-state index contributed by atoms with van der Waals surface area (Å²) in [6.45, 7) is 1.36. The molecule has 1 saturated carbocycles. The van der Waals surface area contributed by atoms with E-state index >= 15 is 0 Å². The molecular weight excluding hydrogens is 132 g/mol. The smallest absolute Gasteiger partial charge is 0.242 e. The lowest BCUT2D eigenvalue weighted by Crippen LogP contribution is -2.38. The molecule has 1 aliphatic rings. The molecule has 0 aromatic heterocycles. The van der Waals surface area contributed by atoms with E-state index in [9.17, 15) is 9.70 Å². The summed E-state index contributed by atoms with van der Waals surface area (Å²) in [5, 5.41) is 3.67. The predicted octanol–water partition coefficient (Wildman–Crippen LogP) is 1.07. The van der Waals surface area contributed by atoms with Crippen LogP contribution in [0.5, 0.6) is 0 Å². The molecule has 0 N–H and O–H groups in total. The van der Waals surface area contributed by atoms with Crippen molar-refractivity contribution in [2.45, 2.75) is 32.2 Å². The van der Waals surface area contributed by atoms with Crippen LogP contribution in [0.1, 0.15) is 26.2 Å². The number of nitroso groups, excluding NO2 is 1. The van der Waals surface area contributed by atoms with Gasteiger partial charge in [-0.05, 0) is 19.3 Å². The van der Waals surface area contributed by atoms with Crippen molar-refractivity contribution in [2.24, 2.45) is 5.29 Å². The number of amides is 1. The van der Waals surface area contributed by atoms with Crippen molar-refractivity contribution in [1.82, 2.24) is 5.01 Å². The molecule has 0 aromatic carbocycles. The molecule has 0 unspecified atom stereocenters. The van der Waals surface area contributed by atoms with Gasteiger partial charge in [-0.3, -0.25) is 4.79 Å². The first-order valence-corrected chi connectivity index (χ1v) is 3.39. The number of hydrogen-bond donors (Lipinski definition) is 0. The Bertz CT molecular complexity index is 154. The van der Waals surface area contributed by atoms with E-state index in [1.165, 1.54) is 6.92 Å². The van der Waals surface area contributed by atoms with Crippen molar-refractivity contribution in [3.05, 3.63) is 4.91 Å². The second kappa shape index (κ2) is 2.77. The monoisotopic (exact) mass is 142 g/mol. The molecule has 56 valence electrons. The summed E-state index contributed by atoms with van der Waals surface area (Å²) in [5.74, 6) is -0.250. The van der Waals surface area contributed by atoms with E-state index in [-0.39, 0.29) is 11.9 Å². The van der Waals surface area contributed by atoms with Crippen molar-refractivity contribution < 1.29 is 4.79 Å². The van der Waals surface area contributed by atoms with E-state index in [1.807, 2.05) is 0 Å². The minimum atomic E-state index is -0.250. The van der Waals surface area contributed by atoms with Gasteiger partial charge in [0.15, 0.2) is 0 Å². The Labute approximate surface area is 59.1 Å². The molecule has 0 radical (unpaired) electrons. The first-order valence-electron chi connectivity index (χ1n) is 3.39. The Morgan fingerprint density at radius 1 is 1.60 bits per heavy atom. The predicted molar refractivity (Wildman–Crippen MR) is 36.0 cm³/mol. The van der Waals surface area contributed by atoms with Gasteiger partial charge < -0.3 is 0 Å². The van der Waals surface area contributed by atoms with Crippen molar-refractivity contribution in [2.75, 3.05) is 0 Å². The molecule has 0 spiro atoms. The van der Waals surface area contributed by atoms with Gasteiger partial charge in [-0.1, -0.05) is 0 Å². The maximum Gasteiger partial charge on any atom is 0.242 e. The highest BCUT2D eigenvalue weighted by molar-refractivity contribution is 5.73. The summed E-state index contributed by atoms with van der Waals surface area (Å²) in [6.07, 6.45) is 2.95. The van der Waals surface area contributed by atoms with Crippen molar-refractivity contribution >= 4 is 5.91 Å². The largest absolute Gasteiger partial charge is 0.273 e. The Morgan fingerprint density at radius 3 is 2.30 bits per heavy atom. The second-order valence-corrected chi connectivity index (χ2v) is 2.53. The molecule has 1 fully saturated rings. The highest BCUT2D eigenvalue weighted by atomic mass is 16.3. The average molecular weight is 142 g/mol. The van der Waals surface area contributed by atoms with Crippen LogP contribution in [0.4, 0.5) is 0 Å². The number of carbonyl (C=O) groups is 1. The van der Waals surface area contributed by atoms with Crippen LogP contribution < -0.4 is 0 Å². The van der Waals surface area contributed by atoms with Crippen LogP contribution in [0.3, 0.4) is 0 Å². The van der Waals surface area contributed by atoms with Gasteiger partial charge in [0.2, 0.25) is 5.91 Å². The Hall–Kier alpha value is -0.930. The van der Waals surface area contributed by atoms with Crippen molar-refractivity contribution in [3.8, 4) is 0 Å². The highest BCUT2D eigenvalue weighted by Crippen LogP contribution is 2.24. The van der Waals surface area contributed by atoms with Gasteiger partial charge in [-0.25, -0.2) is 0 Å². The van der Waals surface area contributed by atoms with Gasteiger partial charge >= 0.3 is 0 Å². The summed E-state index contributed by atoms with van der Waals surface area (Å²) in [4.78, 5) is 20.7. The van der Waals surface area contributed by atoms with E-state index in [4.69, 9.17) is 0 Å². The SMILES string of the molecule is CC(=O)N(N=O)C1CCC1. The van der Waals surface area contributed by atoms with Crippen LogP contribution in [0.2, 0.25) is 0 Å². The van der Waals surface area contributed by atoms with Crippen LogP contribution >= 0.6 is 0 Å². The molecule has 1 amide bonds. The maximum absolute atomic E-state index is 10.6. The zero-order valence-electron chi connectivity index (χ0n) is 5.91. The molecule has 1 rings (SSSR count). The van der Waals surface area contributed by atoms with Crippen molar-refractivity contribution in [1.29, 1.82) is 0 Å². The number of carbonyl (C=O) groups excluding carboxylic acids is 1. The van der Waals surface area contributed by atoms with Crippen LogP contribution in [0.25, 0.3) is 0 Å². The molecule has 1 aliphatic carbocycles. The minimum Gasteiger partial charge on any atom is -0.273 e. The Balaban J connectivity index is 2.46. The van der Waals surface area contributed by atoms with Crippen molar-refractivity contribution in [3.63, 3.8) is 0 Å². The van der Waals surface area contributed by atoms with Gasteiger partial charge in [0.1, 0.15) is 0 Å². The molecule has 0 saturated heterocycles. The number of hydrogen-bond acceptors (Lipinski definition) is 3. The topological polar surface area (TPSA) is 49.7 Å². The van der Waals surface area contributed by atoms with E-state index in [1.54, 1.807) is 0 Å². The fourth-order valence-electron chi connectivity index (χ4n) is 1.01. The fourth-order valence-corrected chi connectivity index (χ4v) is 1.01. The molecule has 0 atom stereocenters. The van der Waals surface area contributed by atoms with Gasteiger partial charge in [0.05, 0.1) is 11.3 Å². The third-order valence-electron chi connectivity index (χ3n) is 1.83. The molecular formula is C6H10N2O2. The molecule has 0 aliphatic heterocycles. The van der Waals surface area contributed by atoms with E-state index in [0.717, 1.165) is 24.3 Å². The van der Waals surface area contributed by atoms with Gasteiger partial charge in [-0.15, -0.1) is 4.91 Å². The number of nitrogens with zero attached hydrogens (tertiary/aromatic N) is 2. The Kier molecular flexibility index (Phi) is 1.99. The summed E-state index contributed by atoms with van der Waals surface area (Å²) in [6, 6.07) is 0.0926. The molecule has 4 nitrogen and oxygen atoms in total. The normalized spacial score (nSPS) is 17.7. The summed E-state index contributed by atoms with van der Waals surface area (Å²) >= 11 is 0. The standard InChI is InChI=1S/C6H10N2O2/c1-5(9)8(7-10)6-3-2-4-6/h6H,2-4H2,1H3. The lowest BCUT2D eigenvalue weighted by atomic mass is 9.93. The summed E-state index contributed by atoms with van der Waals surface area (Å²) < 4.78 is 0. The maximum atomic E-state index is 10.6. The third-order valence-corrected chi connectivity index (χ3v) is 1.83. The summed E-state index contributed by atoms with van der Waals surface area (Å²) in [5.41, 5.74) is 0. The fraction of sp³-hybridized carbons (Fsp3) is 0.833. The zero-order chi connectivity index (χ0) is 7.56. The van der Waals surface area contributed by atoms with Crippen LogP contribution in [-0.2, 0) is 4.79 Å². The summed E-state index contributed by atoms with van der Waals surface area (Å²) in [7, 11) is 0. The first-order chi connectivity index (χ1) is 4.75. The first kappa shape index (κ1) is 7.18. The van der Waals surface area contributed by atoms with E-state index < -0.39 is 0 Å². The lowest BCUT2D eigenvalue weighted by molar-refractivity contribution is -0.132. The van der Waals surface area contributed by atoms with Gasteiger partial charge in [0, 0.05) is 6.92 Å². The average Bonchev–Trinajstić information content (AvgIpc) is 1.76. The zero-order valence-corrected chi connectivity index (χ0v) is 5.91. The second-order valence-electron chi connectivity index (χ2n) is 2.53. The van der Waals surface area contributed by atoms with Gasteiger partial charge in [0.25, 0.3) is 0 Å². The molecule has 4 heteroatoms.